The van der Waals surface area contributed by atoms with Crippen molar-refractivity contribution < 1.29 is 27.6 Å². The zero-order valence-electron chi connectivity index (χ0n) is 18.3. The summed E-state index contributed by atoms with van der Waals surface area (Å²) >= 11 is 0.710. The van der Waals surface area contributed by atoms with Crippen LogP contribution in [0.2, 0.25) is 0 Å². The van der Waals surface area contributed by atoms with Gasteiger partial charge in [-0.15, -0.1) is 5.10 Å². The number of benzene rings is 2. The second-order valence-corrected chi connectivity index (χ2v) is 10.4. The number of non-ortho nitro benzene ring substituents is 1. The van der Waals surface area contributed by atoms with E-state index in [1.165, 1.54) is 25.3 Å². The van der Waals surface area contributed by atoms with Crippen molar-refractivity contribution >= 4 is 54.6 Å². The van der Waals surface area contributed by atoms with Gasteiger partial charge in [-0.25, -0.2) is 8.42 Å². The topological polar surface area (TPSA) is 165 Å². The molecule has 0 aliphatic carbocycles. The first-order valence-electron chi connectivity index (χ1n) is 9.81. The molecule has 2 aromatic rings. The van der Waals surface area contributed by atoms with Crippen molar-refractivity contribution in [3.8, 4) is 11.5 Å². The first kappa shape index (κ1) is 24.1. The number of nitro benzene ring substituents is 1. The molecular weight excluding hydrogens is 498 g/mol. The van der Waals surface area contributed by atoms with Crippen LogP contribution in [0.1, 0.15) is 11.1 Å². The number of fused-ring (bicyclic) bond motifs is 1. The van der Waals surface area contributed by atoms with Crippen LogP contribution in [0.4, 0.5) is 5.69 Å². The molecule has 0 bridgehead atoms. The summed E-state index contributed by atoms with van der Waals surface area (Å²) in [6.45, 7) is 0.142. The van der Waals surface area contributed by atoms with E-state index in [-0.39, 0.29) is 33.2 Å². The Labute approximate surface area is 203 Å². The molecule has 2 aliphatic rings. The highest BCUT2D eigenvalue weighted by Gasteiger charge is 2.38. The number of hydrazone groups is 1. The highest BCUT2D eigenvalue weighted by Crippen LogP contribution is 2.32. The minimum atomic E-state index is -3.62. The molecule has 0 atom stereocenters. The molecule has 2 aromatic carbocycles. The third-order valence-electron chi connectivity index (χ3n) is 4.79. The monoisotopic (exact) mass is 515 g/mol. The number of amides is 1. The van der Waals surface area contributed by atoms with Gasteiger partial charge in [0.25, 0.3) is 11.6 Å². The van der Waals surface area contributed by atoms with E-state index in [0.717, 1.165) is 16.8 Å². The van der Waals surface area contributed by atoms with Crippen LogP contribution < -0.4 is 9.47 Å². The van der Waals surface area contributed by atoms with Crippen molar-refractivity contribution in [2.45, 2.75) is 6.61 Å². The molecule has 0 saturated heterocycles. The SMILES string of the molecule is COc1cc(/C=C2/C(=N)N3N=C(S(C)(=O)=O)SC3=NC2=O)ccc1OCc1ccc([N+](=O)[O-])cc1. The Morgan fingerprint density at radius 3 is 2.54 bits per heavy atom. The first-order chi connectivity index (χ1) is 16.6. The summed E-state index contributed by atoms with van der Waals surface area (Å²) in [6, 6.07) is 10.8. The standard InChI is InChI=1S/C21H17N5O7S2/c1-32-17-10-13(5-8-16(17)33-11-12-3-6-14(7-4-12)26(28)29)9-15-18(22)25-20(23-19(15)27)34-21(24-25)35(2,30)31/h3-10,22H,11H2,1-2H3/b15-9-,22-18?. The lowest BCUT2D eigenvalue weighted by Gasteiger charge is -2.20. The quantitative estimate of drug-likeness (QED) is 0.346. The van der Waals surface area contributed by atoms with Gasteiger partial charge < -0.3 is 9.47 Å². The van der Waals surface area contributed by atoms with E-state index < -0.39 is 20.7 Å². The number of sulfone groups is 1. The smallest absolute Gasteiger partial charge is 0.283 e. The molecule has 14 heteroatoms. The Morgan fingerprint density at radius 2 is 1.91 bits per heavy atom. The Morgan fingerprint density at radius 1 is 1.20 bits per heavy atom. The molecule has 0 spiro atoms. The Kier molecular flexibility index (Phi) is 6.41. The predicted octanol–water partition coefficient (Wildman–Crippen LogP) is 2.80. The second-order valence-electron chi connectivity index (χ2n) is 7.28. The molecule has 0 aromatic heterocycles. The number of hydrogen-bond acceptors (Lipinski definition) is 10. The zero-order chi connectivity index (χ0) is 25.3. The summed E-state index contributed by atoms with van der Waals surface area (Å²) in [4.78, 5) is 26.7. The Balaban J connectivity index is 1.54. The van der Waals surface area contributed by atoms with E-state index in [4.69, 9.17) is 14.9 Å². The molecule has 0 radical (unpaired) electrons. The molecule has 0 saturated carbocycles. The second kappa shape index (κ2) is 9.31. The van der Waals surface area contributed by atoms with Crippen LogP contribution in [0, 0.1) is 15.5 Å². The normalized spacial score (nSPS) is 16.6. The number of nitrogens with zero attached hydrogens (tertiary/aromatic N) is 4. The largest absolute Gasteiger partial charge is 0.493 e. The van der Waals surface area contributed by atoms with E-state index in [1.54, 1.807) is 30.3 Å². The number of rotatable bonds is 6. The maximum Gasteiger partial charge on any atom is 0.283 e. The lowest BCUT2D eigenvalue weighted by atomic mass is 10.1. The number of amidine groups is 2. The number of aliphatic imine (C=N–C) groups is 1. The van der Waals surface area contributed by atoms with Gasteiger partial charge in [0, 0.05) is 18.4 Å². The van der Waals surface area contributed by atoms with Crippen molar-refractivity contribution in [2.75, 3.05) is 13.4 Å². The molecule has 0 unspecified atom stereocenters. The zero-order valence-corrected chi connectivity index (χ0v) is 19.9. The number of thioether (sulfide) groups is 1. The molecular formula is C21H17N5O7S2. The van der Waals surface area contributed by atoms with Gasteiger partial charge in [-0.2, -0.15) is 10.0 Å². The van der Waals surface area contributed by atoms with Gasteiger partial charge in [0.05, 0.1) is 17.6 Å². The number of nitro groups is 1. The number of carbonyl (C=O) groups is 1. The van der Waals surface area contributed by atoms with Gasteiger partial charge in [-0.1, -0.05) is 6.07 Å². The van der Waals surface area contributed by atoms with Gasteiger partial charge >= 0.3 is 0 Å². The van der Waals surface area contributed by atoms with E-state index in [1.807, 2.05) is 0 Å². The maximum absolute atomic E-state index is 12.5. The van der Waals surface area contributed by atoms with Crippen molar-refractivity contribution in [2.24, 2.45) is 10.1 Å². The van der Waals surface area contributed by atoms with Crippen LogP contribution in [0.25, 0.3) is 6.08 Å². The molecule has 2 aliphatic heterocycles. The van der Waals surface area contributed by atoms with E-state index in [9.17, 15) is 23.3 Å². The maximum atomic E-state index is 12.5. The average molecular weight is 516 g/mol. The molecule has 35 heavy (non-hydrogen) atoms. The molecule has 2 heterocycles. The molecule has 0 fully saturated rings. The van der Waals surface area contributed by atoms with E-state index >= 15 is 0 Å². The number of ether oxygens (including phenoxy) is 2. The van der Waals surface area contributed by atoms with Gasteiger partial charge in [0.2, 0.25) is 19.4 Å². The fourth-order valence-electron chi connectivity index (χ4n) is 3.06. The number of methoxy groups -OCH3 is 1. The lowest BCUT2D eigenvalue weighted by molar-refractivity contribution is -0.384. The van der Waals surface area contributed by atoms with E-state index in [2.05, 4.69) is 10.1 Å². The van der Waals surface area contributed by atoms with E-state index in [0.29, 0.717) is 28.8 Å². The van der Waals surface area contributed by atoms with Crippen LogP contribution in [0.15, 0.2) is 58.1 Å². The van der Waals surface area contributed by atoms with Crippen LogP contribution >= 0.6 is 11.8 Å². The molecule has 12 nitrogen and oxygen atoms in total. The first-order valence-corrected chi connectivity index (χ1v) is 12.5. The summed E-state index contributed by atoms with van der Waals surface area (Å²) in [5.41, 5.74) is 1.13. The van der Waals surface area contributed by atoms with Gasteiger partial charge in [0.1, 0.15) is 6.61 Å². The van der Waals surface area contributed by atoms with Crippen molar-refractivity contribution in [3.63, 3.8) is 0 Å². The fourth-order valence-corrected chi connectivity index (χ4v) is 4.74. The highest BCUT2D eigenvalue weighted by atomic mass is 32.3. The minimum absolute atomic E-state index is 0.00477. The van der Waals surface area contributed by atoms with Crippen LogP contribution in [-0.4, -0.2) is 53.0 Å². The third kappa shape index (κ3) is 5.07. The van der Waals surface area contributed by atoms with Crippen molar-refractivity contribution in [1.29, 1.82) is 5.41 Å². The molecule has 180 valence electrons. The lowest BCUT2D eigenvalue weighted by Crippen LogP contribution is -2.35. The molecule has 1 N–H and O–H groups in total. The molecule has 4 rings (SSSR count). The average Bonchev–Trinajstić information content (AvgIpc) is 3.26. The van der Waals surface area contributed by atoms with Crippen molar-refractivity contribution in [1.82, 2.24) is 5.01 Å². The predicted molar refractivity (Wildman–Crippen MR) is 130 cm³/mol. The van der Waals surface area contributed by atoms with Crippen LogP contribution in [-0.2, 0) is 21.2 Å². The number of hydrogen-bond donors (Lipinski definition) is 1. The van der Waals surface area contributed by atoms with Crippen LogP contribution in [0.3, 0.4) is 0 Å². The van der Waals surface area contributed by atoms with Crippen molar-refractivity contribution in [3.05, 3.63) is 69.3 Å². The summed E-state index contributed by atoms with van der Waals surface area (Å²) in [6.07, 6.45) is 2.41. The Bertz CT molecular complexity index is 1450. The number of nitrogens with one attached hydrogen (secondary N) is 1. The highest BCUT2D eigenvalue weighted by molar-refractivity contribution is 8.42. The summed E-state index contributed by atoms with van der Waals surface area (Å²) in [7, 11) is -2.18. The summed E-state index contributed by atoms with van der Waals surface area (Å²) in [5, 5.41) is 24.0. The van der Waals surface area contributed by atoms with Crippen LogP contribution in [0.5, 0.6) is 11.5 Å². The molecule has 1 amide bonds. The fraction of sp³-hybridized carbons (Fsp3) is 0.143. The summed E-state index contributed by atoms with van der Waals surface area (Å²) < 4.78 is 34.4. The van der Waals surface area contributed by atoms with Gasteiger partial charge in [-0.3, -0.25) is 20.3 Å². The third-order valence-corrected chi connectivity index (χ3v) is 7.37. The minimum Gasteiger partial charge on any atom is -0.493 e. The number of carbonyl (C=O) groups excluding carboxylic acids is 1. The Hall–Kier alpha value is -4.04. The van der Waals surface area contributed by atoms with Gasteiger partial charge in [0.15, 0.2) is 17.3 Å². The summed E-state index contributed by atoms with van der Waals surface area (Å²) in [5.74, 6) is -0.245. The van der Waals surface area contributed by atoms with Gasteiger partial charge in [-0.05, 0) is 53.2 Å².